The normalized spacial score (nSPS) is 9.42. The van der Waals surface area contributed by atoms with Gasteiger partial charge in [-0.3, -0.25) is 0 Å². The number of carbonyl (C=O) groups excluding carboxylic acids is 2. The summed E-state index contributed by atoms with van der Waals surface area (Å²) < 4.78 is 8.74. The minimum absolute atomic E-state index is 0.394. The van der Waals surface area contributed by atoms with Crippen LogP contribution in [0, 0.1) is 0 Å². The molecule has 4 nitrogen and oxygen atoms in total. The van der Waals surface area contributed by atoms with Crippen LogP contribution in [-0.2, 0) is 19.1 Å². The molecule has 0 aromatic heterocycles. The molecule has 0 N–H and O–H groups in total. The number of hydrogen-bond donors (Lipinski definition) is 0. The van der Waals surface area contributed by atoms with Crippen molar-refractivity contribution in [2.45, 2.75) is 6.92 Å². The molecule has 0 aliphatic heterocycles. The summed E-state index contributed by atoms with van der Waals surface area (Å²) >= 11 is 0. The first kappa shape index (κ1) is 10.4. The molecule has 0 atom stereocenters. The van der Waals surface area contributed by atoms with Gasteiger partial charge in [-0.05, 0) is 6.92 Å². The average Bonchev–Trinajstić information content (AvgIpc) is 2.02. The standard InChI is InChI=1S/C8H10O4/c1-3-5-7(9)12-6-8(10)11-4-2/h3-5H,2,6H2,1H3. The van der Waals surface area contributed by atoms with E-state index in [1.54, 1.807) is 6.92 Å². The smallest absolute Gasteiger partial charge is 0.349 e. The predicted octanol–water partition coefficient (Wildman–Crippen LogP) is 0.792. The van der Waals surface area contributed by atoms with Gasteiger partial charge in [0.05, 0.1) is 6.26 Å². The van der Waals surface area contributed by atoms with Gasteiger partial charge in [0.2, 0.25) is 0 Å². The highest BCUT2D eigenvalue weighted by atomic mass is 16.6. The molecule has 0 fully saturated rings. The van der Waals surface area contributed by atoms with Gasteiger partial charge in [0, 0.05) is 6.08 Å². The van der Waals surface area contributed by atoms with Crippen molar-refractivity contribution < 1.29 is 19.1 Å². The van der Waals surface area contributed by atoms with Crippen LogP contribution in [0.2, 0.25) is 0 Å². The molecular weight excluding hydrogens is 160 g/mol. The van der Waals surface area contributed by atoms with Crippen LogP contribution in [-0.4, -0.2) is 18.5 Å². The van der Waals surface area contributed by atoms with Crippen LogP contribution in [0.5, 0.6) is 0 Å². The summed E-state index contributed by atoms with van der Waals surface area (Å²) in [4.78, 5) is 21.2. The summed E-state index contributed by atoms with van der Waals surface area (Å²) in [7, 11) is 0. The van der Waals surface area contributed by atoms with Crippen molar-refractivity contribution in [3.8, 4) is 0 Å². The zero-order chi connectivity index (χ0) is 9.40. The van der Waals surface area contributed by atoms with Crippen molar-refractivity contribution in [3.05, 3.63) is 25.0 Å². The quantitative estimate of drug-likeness (QED) is 0.355. The van der Waals surface area contributed by atoms with E-state index in [0.29, 0.717) is 0 Å². The molecule has 0 heterocycles. The highest BCUT2D eigenvalue weighted by Gasteiger charge is 2.03. The fraction of sp³-hybridized carbons (Fsp3) is 0.250. The van der Waals surface area contributed by atoms with Crippen molar-refractivity contribution in [3.63, 3.8) is 0 Å². The minimum Gasteiger partial charge on any atom is -0.451 e. The Morgan fingerprint density at radius 1 is 1.50 bits per heavy atom. The van der Waals surface area contributed by atoms with Crippen LogP contribution in [0.15, 0.2) is 25.0 Å². The molecule has 0 aliphatic rings. The zero-order valence-electron chi connectivity index (χ0n) is 6.78. The molecule has 0 radical (unpaired) electrons. The lowest BCUT2D eigenvalue weighted by Gasteiger charge is -1.98. The lowest BCUT2D eigenvalue weighted by atomic mass is 10.5. The van der Waals surface area contributed by atoms with Crippen molar-refractivity contribution in [2.75, 3.05) is 6.61 Å². The molecule has 0 spiro atoms. The second-order valence-corrected chi connectivity index (χ2v) is 1.76. The van der Waals surface area contributed by atoms with Crippen LogP contribution in [0.3, 0.4) is 0 Å². The van der Waals surface area contributed by atoms with Crippen molar-refractivity contribution in [1.82, 2.24) is 0 Å². The van der Waals surface area contributed by atoms with E-state index in [1.807, 2.05) is 0 Å². The number of esters is 2. The van der Waals surface area contributed by atoms with Crippen LogP contribution in [0.1, 0.15) is 6.92 Å². The molecule has 0 rings (SSSR count). The van der Waals surface area contributed by atoms with Gasteiger partial charge in [-0.1, -0.05) is 12.7 Å². The van der Waals surface area contributed by atoms with E-state index >= 15 is 0 Å². The lowest BCUT2D eigenvalue weighted by molar-refractivity contribution is -0.152. The number of rotatable bonds is 4. The van der Waals surface area contributed by atoms with Crippen molar-refractivity contribution in [1.29, 1.82) is 0 Å². The van der Waals surface area contributed by atoms with E-state index in [-0.39, 0.29) is 0 Å². The first-order chi connectivity index (χ1) is 5.70. The molecule has 0 saturated heterocycles. The Balaban J connectivity index is 3.60. The van der Waals surface area contributed by atoms with E-state index in [9.17, 15) is 9.59 Å². The summed E-state index contributed by atoms with van der Waals surface area (Å²) in [6, 6.07) is 0. The van der Waals surface area contributed by atoms with Gasteiger partial charge in [-0.25, -0.2) is 9.59 Å². The Kier molecular flexibility index (Phi) is 5.34. The largest absolute Gasteiger partial charge is 0.451 e. The molecule has 0 aromatic carbocycles. The third-order valence-electron chi connectivity index (χ3n) is 0.850. The Morgan fingerprint density at radius 3 is 2.67 bits per heavy atom. The highest BCUT2D eigenvalue weighted by molar-refractivity contribution is 5.84. The highest BCUT2D eigenvalue weighted by Crippen LogP contribution is 1.84. The molecule has 66 valence electrons. The van der Waals surface area contributed by atoms with E-state index in [0.717, 1.165) is 6.26 Å². The third kappa shape index (κ3) is 5.22. The average molecular weight is 170 g/mol. The Bertz CT molecular complexity index is 205. The summed E-state index contributed by atoms with van der Waals surface area (Å²) in [5, 5.41) is 0. The Labute approximate surface area is 70.5 Å². The Hall–Kier alpha value is -1.58. The number of hydrogen-bond acceptors (Lipinski definition) is 4. The number of carbonyl (C=O) groups is 2. The number of allylic oxidation sites excluding steroid dienone is 1. The van der Waals surface area contributed by atoms with Crippen molar-refractivity contribution >= 4 is 11.9 Å². The molecule has 4 heteroatoms. The van der Waals surface area contributed by atoms with Gasteiger partial charge in [0.1, 0.15) is 0 Å². The molecule has 0 amide bonds. The molecule has 0 bridgehead atoms. The fourth-order valence-corrected chi connectivity index (χ4v) is 0.441. The second kappa shape index (κ2) is 6.15. The molecular formula is C8H10O4. The van der Waals surface area contributed by atoms with Gasteiger partial charge in [-0.2, -0.15) is 0 Å². The minimum atomic E-state index is -0.650. The maximum absolute atomic E-state index is 10.6. The van der Waals surface area contributed by atoms with E-state index in [2.05, 4.69) is 16.1 Å². The first-order valence-electron chi connectivity index (χ1n) is 3.30. The van der Waals surface area contributed by atoms with Gasteiger partial charge in [0.15, 0.2) is 6.61 Å². The maximum atomic E-state index is 10.6. The maximum Gasteiger partial charge on any atom is 0.349 e. The van der Waals surface area contributed by atoms with Crippen molar-refractivity contribution in [2.24, 2.45) is 0 Å². The number of ether oxygens (including phenoxy) is 2. The topological polar surface area (TPSA) is 52.6 Å². The summed E-state index contributed by atoms with van der Waals surface area (Å²) in [6.07, 6.45) is 3.70. The summed E-state index contributed by atoms with van der Waals surface area (Å²) in [5.74, 6) is -1.22. The third-order valence-corrected chi connectivity index (χ3v) is 0.850. The SMILES string of the molecule is C=COC(=O)COC(=O)C=CC. The zero-order valence-corrected chi connectivity index (χ0v) is 6.78. The molecule has 0 unspecified atom stereocenters. The monoisotopic (exact) mass is 170 g/mol. The molecule has 12 heavy (non-hydrogen) atoms. The van der Waals surface area contributed by atoms with Gasteiger partial charge >= 0.3 is 11.9 Å². The first-order valence-corrected chi connectivity index (χ1v) is 3.30. The van der Waals surface area contributed by atoms with Crippen LogP contribution < -0.4 is 0 Å². The molecule has 0 aliphatic carbocycles. The van der Waals surface area contributed by atoms with E-state index < -0.39 is 18.5 Å². The van der Waals surface area contributed by atoms with Gasteiger partial charge in [-0.15, -0.1) is 0 Å². The predicted molar refractivity (Wildman–Crippen MR) is 42.1 cm³/mol. The fourth-order valence-electron chi connectivity index (χ4n) is 0.441. The molecule has 0 saturated carbocycles. The Morgan fingerprint density at radius 2 is 2.17 bits per heavy atom. The second-order valence-electron chi connectivity index (χ2n) is 1.76. The van der Waals surface area contributed by atoms with Crippen LogP contribution in [0.4, 0.5) is 0 Å². The van der Waals surface area contributed by atoms with Gasteiger partial charge in [0.25, 0.3) is 0 Å². The summed E-state index contributed by atoms with van der Waals surface area (Å²) in [6.45, 7) is 4.44. The van der Waals surface area contributed by atoms with E-state index in [1.165, 1.54) is 12.2 Å². The summed E-state index contributed by atoms with van der Waals surface area (Å²) in [5.41, 5.74) is 0. The van der Waals surface area contributed by atoms with Crippen LogP contribution in [0.25, 0.3) is 0 Å². The van der Waals surface area contributed by atoms with Gasteiger partial charge < -0.3 is 9.47 Å². The van der Waals surface area contributed by atoms with Crippen LogP contribution >= 0.6 is 0 Å². The lowest BCUT2D eigenvalue weighted by Crippen LogP contribution is -2.12. The molecule has 0 aromatic rings. The van der Waals surface area contributed by atoms with E-state index in [4.69, 9.17) is 0 Å².